The summed E-state index contributed by atoms with van der Waals surface area (Å²) >= 11 is 0. The fourth-order valence-electron chi connectivity index (χ4n) is 4.57. The van der Waals surface area contributed by atoms with Crippen molar-refractivity contribution in [3.8, 4) is 0 Å². The van der Waals surface area contributed by atoms with Crippen molar-refractivity contribution >= 4 is 5.69 Å². The Hall–Kier alpha value is -1.80. The van der Waals surface area contributed by atoms with Gasteiger partial charge in [-0.1, -0.05) is 36.4 Å². The maximum Gasteiger partial charge on any atom is 0.0951 e. The van der Waals surface area contributed by atoms with E-state index in [1.165, 1.54) is 62.3 Å². The van der Waals surface area contributed by atoms with Crippen LogP contribution in [0, 0.1) is 13.8 Å². The zero-order valence-electron chi connectivity index (χ0n) is 15.0. The average molecular weight is 321 g/mol. The van der Waals surface area contributed by atoms with Crippen molar-refractivity contribution in [3.63, 3.8) is 0 Å². The maximum absolute atomic E-state index is 2.60. The number of nitrogens with one attached hydrogen (secondary N) is 1. The predicted molar refractivity (Wildman–Crippen MR) is 101 cm³/mol. The molecule has 1 heterocycles. The number of anilines is 1. The quantitative estimate of drug-likeness (QED) is 0.893. The van der Waals surface area contributed by atoms with E-state index in [4.69, 9.17) is 0 Å². The smallest absolute Gasteiger partial charge is 0.0951 e. The Morgan fingerprint density at radius 3 is 2.46 bits per heavy atom. The zero-order valence-corrected chi connectivity index (χ0v) is 15.0. The van der Waals surface area contributed by atoms with Gasteiger partial charge in [0.25, 0.3) is 0 Å². The van der Waals surface area contributed by atoms with E-state index in [0.717, 1.165) is 6.04 Å². The second-order valence-corrected chi connectivity index (χ2v) is 7.57. The van der Waals surface area contributed by atoms with Gasteiger partial charge in [0.05, 0.1) is 32.2 Å². The largest absolute Gasteiger partial charge is 0.360 e. The Balaban J connectivity index is 1.41. The third kappa shape index (κ3) is 2.95. The molecule has 126 valence electrons. The predicted octanol–water partition coefficient (Wildman–Crippen LogP) is 2.57. The molecule has 0 unspecified atom stereocenters. The summed E-state index contributed by atoms with van der Waals surface area (Å²) < 4.78 is 0. The molecule has 1 N–H and O–H groups in total. The topological polar surface area (TPSA) is 7.68 Å². The molecular formula is C22H29N2+. The van der Waals surface area contributed by atoms with Crippen LogP contribution in [0.25, 0.3) is 0 Å². The molecule has 1 saturated heterocycles. The highest BCUT2D eigenvalue weighted by Crippen LogP contribution is 2.23. The standard InChI is InChI=1S/C22H28N2/c1-17-6-5-9-22(18(17)2)24-14-12-23(13-15-24)21-11-10-19-7-3-4-8-20(19)16-21/h3-9,21H,10-16H2,1-2H3/p+1/t21-/m0/s1. The van der Waals surface area contributed by atoms with Gasteiger partial charge in [-0.3, -0.25) is 0 Å². The highest BCUT2D eigenvalue weighted by Gasteiger charge is 2.30. The second kappa shape index (κ2) is 6.60. The molecule has 2 heteroatoms. The summed E-state index contributed by atoms with van der Waals surface area (Å²) in [5, 5.41) is 0. The first-order valence-electron chi connectivity index (χ1n) is 9.45. The van der Waals surface area contributed by atoms with Crippen LogP contribution in [0.4, 0.5) is 5.69 Å². The summed E-state index contributed by atoms with van der Waals surface area (Å²) in [7, 11) is 0. The third-order valence-corrected chi connectivity index (χ3v) is 6.25. The molecule has 1 aliphatic heterocycles. The number of quaternary nitrogens is 1. The van der Waals surface area contributed by atoms with Crippen LogP contribution < -0.4 is 9.80 Å². The summed E-state index contributed by atoms with van der Waals surface area (Å²) in [6, 6.07) is 16.6. The number of aryl methyl sites for hydroxylation is 2. The van der Waals surface area contributed by atoms with E-state index >= 15 is 0 Å². The minimum absolute atomic E-state index is 0.820. The molecule has 0 bridgehead atoms. The summed E-state index contributed by atoms with van der Waals surface area (Å²) in [4.78, 5) is 4.42. The van der Waals surface area contributed by atoms with Gasteiger partial charge in [-0.25, -0.2) is 0 Å². The van der Waals surface area contributed by atoms with E-state index in [0.29, 0.717) is 0 Å². The molecule has 0 spiro atoms. The summed E-state index contributed by atoms with van der Waals surface area (Å²) in [6.45, 7) is 9.43. The monoisotopic (exact) mass is 321 g/mol. The molecule has 2 aromatic rings. The second-order valence-electron chi connectivity index (χ2n) is 7.57. The fraction of sp³-hybridized carbons (Fsp3) is 0.455. The van der Waals surface area contributed by atoms with Crippen LogP contribution in [0.5, 0.6) is 0 Å². The first-order chi connectivity index (χ1) is 11.7. The van der Waals surface area contributed by atoms with Gasteiger partial charge in [0.15, 0.2) is 0 Å². The van der Waals surface area contributed by atoms with Crippen molar-refractivity contribution in [2.45, 2.75) is 39.2 Å². The van der Waals surface area contributed by atoms with Crippen LogP contribution in [0.1, 0.15) is 28.7 Å². The Kier molecular flexibility index (Phi) is 4.32. The molecule has 4 rings (SSSR count). The van der Waals surface area contributed by atoms with Crippen LogP contribution >= 0.6 is 0 Å². The van der Waals surface area contributed by atoms with Crippen molar-refractivity contribution in [2.24, 2.45) is 0 Å². The van der Waals surface area contributed by atoms with Gasteiger partial charge in [0.1, 0.15) is 0 Å². The lowest BCUT2D eigenvalue weighted by Gasteiger charge is -2.39. The van der Waals surface area contributed by atoms with Crippen LogP contribution in [0.15, 0.2) is 42.5 Å². The van der Waals surface area contributed by atoms with E-state index < -0.39 is 0 Å². The van der Waals surface area contributed by atoms with E-state index in [1.54, 1.807) is 11.1 Å². The lowest BCUT2D eigenvalue weighted by molar-refractivity contribution is -0.926. The number of rotatable bonds is 2. The van der Waals surface area contributed by atoms with E-state index in [1.807, 2.05) is 4.90 Å². The van der Waals surface area contributed by atoms with Crippen molar-refractivity contribution < 1.29 is 4.90 Å². The number of hydrogen-bond acceptors (Lipinski definition) is 1. The molecule has 24 heavy (non-hydrogen) atoms. The minimum Gasteiger partial charge on any atom is -0.360 e. The van der Waals surface area contributed by atoms with Gasteiger partial charge in [-0.2, -0.15) is 0 Å². The van der Waals surface area contributed by atoms with Gasteiger partial charge in [0, 0.05) is 18.5 Å². The van der Waals surface area contributed by atoms with Gasteiger partial charge in [0.2, 0.25) is 0 Å². The number of nitrogens with zero attached hydrogens (tertiary/aromatic N) is 1. The maximum atomic E-state index is 2.60. The molecule has 0 radical (unpaired) electrons. The van der Waals surface area contributed by atoms with Crippen molar-refractivity contribution in [1.82, 2.24) is 0 Å². The van der Waals surface area contributed by atoms with Crippen LogP contribution in [-0.2, 0) is 12.8 Å². The third-order valence-electron chi connectivity index (χ3n) is 6.25. The Morgan fingerprint density at radius 2 is 1.67 bits per heavy atom. The molecule has 1 aliphatic carbocycles. The van der Waals surface area contributed by atoms with Crippen LogP contribution in [0.3, 0.4) is 0 Å². The van der Waals surface area contributed by atoms with E-state index in [-0.39, 0.29) is 0 Å². The first-order valence-corrected chi connectivity index (χ1v) is 9.45. The highest BCUT2D eigenvalue weighted by molar-refractivity contribution is 5.56. The van der Waals surface area contributed by atoms with E-state index in [2.05, 4.69) is 61.2 Å². The highest BCUT2D eigenvalue weighted by atomic mass is 15.3. The van der Waals surface area contributed by atoms with Crippen LogP contribution in [0.2, 0.25) is 0 Å². The average Bonchev–Trinajstić information content (AvgIpc) is 2.64. The van der Waals surface area contributed by atoms with Crippen LogP contribution in [-0.4, -0.2) is 32.2 Å². The zero-order chi connectivity index (χ0) is 16.5. The Labute approximate surface area is 146 Å². The Bertz CT molecular complexity index is 714. The molecule has 2 aromatic carbocycles. The number of fused-ring (bicyclic) bond motifs is 1. The van der Waals surface area contributed by atoms with Crippen molar-refractivity contribution in [3.05, 3.63) is 64.7 Å². The normalized spacial score (nSPS) is 21.6. The van der Waals surface area contributed by atoms with Gasteiger partial charge in [-0.15, -0.1) is 0 Å². The minimum atomic E-state index is 0.820. The molecule has 0 amide bonds. The summed E-state index contributed by atoms with van der Waals surface area (Å²) in [5.74, 6) is 0. The van der Waals surface area contributed by atoms with Crippen molar-refractivity contribution in [1.29, 1.82) is 0 Å². The molecule has 0 saturated carbocycles. The van der Waals surface area contributed by atoms with Crippen molar-refractivity contribution in [2.75, 3.05) is 31.1 Å². The van der Waals surface area contributed by atoms with Gasteiger partial charge in [-0.05, 0) is 48.6 Å². The van der Waals surface area contributed by atoms with E-state index in [9.17, 15) is 0 Å². The lowest BCUT2D eigenvalue weighted by Crippen LogP contribution is -3.18. The molecule has 2 nitrogen and oxygen atoms in total. The molecule has 1 atom stereocenters. The summed E-state index contributed by atoms with van der Waals surface area (Å²) in [5.41, 5.74) is 7.49. The first kappa shape index (κ1) is 15.7. The number of benzene rings is 2. The lowest BCUT2D eigenvalue weighted by atomic mass is 9.87. The SMILES string of the molecule is Cc1cccc(N2CC[NH+]([C@H]3CCc4ccccc4C3)CC2)c1C. The molecule has 0 aromatic heterocycles. The molecular weight excluding hydrogens is 292 g/mol. The number of hydrogen-bond donors (Lipinski definition) is 1. The van der Waals surface area contributed by atoms with Gasteiger partial charge < -0.3 is 9.80 Å². The molecule has 1 fully saturated rings. The summed E-state index contributed by atoms with van der Waals surface area (Å²) in [6.07, 6.45) is 3.90. The Morgan fingerprint density at radius 1 is 0.917 bits per heavy atom. The fourth-order valence-corrected chi connectivity index (χ4v) is 4.57. The van der Waals surface area contributed by atoms with Gasteiger partial charge >= 0.3 is 0 Å². The molecule has 2 aliphatic rings. The number of piperazine rings is 1.